The maximum Gasteiger partial charge on any atom is 0.471 e. The number of carboxylic acids is 1. The van der Waals surface area contributed by atoms with Crippen molar-refractivity contribution in [3.63, 3.8) is 0 Å². The quantitative estimate of drug-likeness (QED) is 0.0304. The number of carbonyl (C=O) groups excluding carboxylic acids is 9. The molecule has 1 fully saturated rings. The SMILES string of the molecule is O=C(N[C@@H](CCCCNC(=O)C(F)(F)F)C(=O)O)c1ccc(C(=O)c2ccccc2)cc1.O=C(N[C@@H](CCCCNC(=O)C(F)(F)F)C(=O)ON1C(=O)CCC1=O)c1ccc(C(=O)c2ccccc2)cc1. The van der Waals surface area contributed by atoms with E-state index in [1.165, 1.54) is 48.5 Å². The molecule has 5 rings (SSSR count). The first-order chi connectivity index (χ1) is 33.6. The van der Waals surface area contributed by atoms with Crippen molar-refractivity contribution < 1.29 is 84.2 Å². The molecule has 17 nitrogen and oxygen atoms in total. The lowest BCUT2D eigenvalue weighted by molar-refractivity contribution is -0.199. The third-order valence-electron chi connectivity index (χ3n) is 10.2. The predicted octanol–water partition coefficient (Wildman–Crippen LogP) is 5.42. The minimum atomic E-state index is -5.03. The van der Waals surface area contributed by atoms with Crippen molar-refractivity contribution in [2.45, 2.75) is 75.8 Å². The molecule has 1 heterocycles. The number of hydroxylamine groups is 2. The summed E-state index contributed by atoms with van der Waals surface area (Å²) < 4.78 is 73.2. The maximum absolute atomic E-state index is 12.8. The molecule has 376 valence electrons. The van der Waals surface area contributed by atoms with Crippen molar-refractivity contribution in [2.24, 2.45) is 0 Å². The molecule has 2 atom stereocenters. The Hall–Kier alpha value is -8.24. The number of nitrogens with zero attached hydrogens (tertiary/aromatic N) is 1. The van der Waals surface area contributed by atoms with E-state index in [2.05, 4.69) is 10.6 Å². The molecule has 0 saturated carbocycles. The van der Waals surface area contributed by atoms with Crippen molar-refractivity contribution in [1.29, 1.82) is 0 Å². The molecule has 6 amide bonds. The van der Waals surface area contributed by atoms with Crippen LogP contribution in [0.3, 0.4) is 0 Å². The molecule has 4 aromatic rings. The third-order valence-corrected chi connectivity index (χ3v) is 10.2. The van der Waals surface area contributed by atoms with Crippen LogP contribution in [0.1, 0.15) is 104 Å². The topological polar surface area (TPSA) is 252 Å². The van der Waals surface area contributed by atoms with E-state index in [-0.39, 0.29) is 87.1 Å². The van der Waals surface area contributed by atoms with Gasteiger partial charge in [-0.25, -0.2) is 9.59 Å². The zero-order valence-corrected chi connectivity index (χ0v) is 37.3. The molecule has 23 heteroatoms. The Bertz CT molecular complexity index is 2540. The lowest BCUT2D eigenvalue weighted by Gasteiger charge is -2.20. The molecule has 1 saturated heterocycles. The second-order valence-electron chi connectivity index (χ2n) is 15.4. The van der Waals surface area contributed by atoms with Crippen LogP contribution in [0.15, 0.2) is 109 Å². The summed E-state index contributed by atoms with van der Waals surface area (Å²) >= 11 is 0. The van der Waals surface area contributed by atoms with Crippen molar-refractivity contribution in [3.8, 4) is 0 Å². The summed E-state index contributed by atoms with van der Waals surface area (Å²) in [6.07, 6.45) is -10.1. The molecule has 0 aliphatic carbocycles. The normalized spacial score (nSPS) is 13.1. The van der Waals surface area contributed by atoms with Crippen molar-refractivity contribution in [3.05, 3.63) is 143 Å². The van der Waals surface area contributed by atoms with Gasteiger partial charge in [-0.15, -0.1) is 5.06 Å². The molecule has 5 N–H and O–H groups in total. The highest BCUT2D eigenvalue weighted by atomic mass is 19.4. The minimum absolute atomic E-state index is 0.0271. The number of amides is 6. The van der Waals surface area contributed by atoms with Crippen LogP contribution in [0, 0.1) is 0 Å². The first-order valence-corrected chi connectivity index (χ1v) is 21.6. The average Bonchev–Trinajstić information content (AvgIpc) is 3.66. The standard InChI is InChI=1S/C26H24F3N3O7.C22H21F3N2O5/c27-26(28,29)25(38)30-15-5-4-8-19(24(37)39-32-20(33)13-14-21(32)34)31-23(36)18-11-9-17(10-12-18)22(35)16-6-2-1-3-7-16;23-22(24,25)21(32)26-13-5-4-8-17(20(30)31)27-19(29)16-11-9-15(10-12-16)18(28)14-6-2-1-3-7-14/h1-3,6-7,9-12,19H,4-5,8,13-15H2,(H,30,38)(H,31,36);1-3,6-7,9-12,17H,4-5,8,13H2,(H,26,32)(H,27,29)(H,30,31)/t19-;17-/m00/s1. The fraction of sp³-hybridized carbons (Fsp3) is 0.292. The number of imide groups is 1. The number of rotatable bonds is 21. The number of alkyl halides is 6. The van der Waals surface area contributed by atoms with Gasteiger partial charge in [0.15, 0.2) is 11.6 Å². The highest BCUT2D eigenvalue weighted by Crippen LogP contribution is 2.18. The van der Waals surface area contributed by atoms with Crippen molar-refractivity contribution in [2.75, 3.05) is 13.1 Å². The Labute approximate surface area is 400 Å². The van der Waals surface area contributed by atoms with E-state index in [0.717, 1.165) is 0 Å². The predicted molar refractivity (Wildman–Crippen MR) is 236 cm³/mol. The summed E-state index contributed by atoms with van der Waals surface area (Å²) in [5.74, 6) is -9.93. The van der Waals surface area contributed by atoms with Crippen LogP contribution in [0.4, 0.5) is 26.3 Å². The van der Waals surface area contributed by atoms with Crippen LogP contribution in [-0.2, 0) is 33.6 Å². The van der Waals surface area contributed by atoms with E-state index in [1.807, 2.05) is 0 Å². The summed E-state index contributed by atoms with van der Waals surface area (Å²) in [5, 5.41) is 17.8. The van der Waals surface area contributed by atoms with Gasteiger partial charge in [0.2, 0.25) is 0 Å². The van der Waals surface area contributed by atoms with Gasteiger partial charge < -0.3 is 31.2 Å². The minimum Gasteiger partial charge on any atom is -0.480 e. The first kappa shape index (κ1) is 55.4. The van der Waals surface area contributed by atoms with E-state index in [4.69, 9.17) is 4.84 Å². The number of aliphatic carboxylic acids is 1. The second kappa shape index (κ2) is 25.9. The number of nitrogens with one attached hydrogen (secondary N) is 4. The number of carbonyl (C=O) groups is 10. The Morgan fingerprint density at radius 2 is 0.845 bits per heavy atom. The molecular weight excluding hydrogens is 953 g/mol. The van der Waals surface area contributed by atoms with Gasteiger partial charge in [-0.1, -0.05) is 84.9 Å². The fourth-order valence-electron chi connectivity index (χ4n) is 6.41. The van der Waals surface area contributed by atoms with Crippen LogP contribution in [0.25, 0.3) is 0 Å². The van der Waals surface area contributed by atoms with Gasteiger partial charge in [-0.3, -0.25) is 38.4 Å². The van der Waals surface area contributed by atoms with Crippen LogP contribution < -0.4 is 21.3 Å². The molecule has 0 unspecified atom stereocenters. The van der Waals surface area contributed by atoms with E-state index >= 15 is 0 Å². The van der Waals surface area contributed by atoms with E-state index in [1.54, 1.807) is 71.3 Å². The van der Waals surface area contributed by atoms with Gasteiger partial charge in [0, 0.05) is 59.3 Å². The highest BCUT2D eigenvalue weighted by molar-refractivity contribution is 6.10. The highest BCUT2D eigenvalue weighted by Gasteiger charge is 2.39. The van der Waals surface area contributed by atoms with Gasteiger partial charge in [0.05, 0.1) is 0 Å². The maximum atomic E-state index is 12.8. The van der Waals surface area contributed by atoms with Crippen LogP contribution in [0.5, 0.6) is 0 Å². The van der Waals surface area contributed by atoms with Crippen molar-refractivity contribution in [1.82, 2.24) is 26.3 Å². The molecule has 4 aromatic carbocycles. The Morgan fingerprint density at radius 3 is 1.21 bits per heavy atom. The summed E-state index contributed by atoms with van der Waals surface area (Å²) in [6.45, 7) is -0.608. The summed E-state index contributed by atoms with van der Waals surface area (Å²) in [7, 11) is 0. The summed E-state index contributed by atoms with van der Waals surface area (Å²) in [6, 6.07) is 25.7. The van der Waals surface area contributed by atoms with Crippen LogP contribution in [-0.4, -0.2) is 107 Å². The lowest BCUT2D eigenvalue weighted by atomic mass is 10.0. The van der Waals surface area contributed by atoms with Gasteiger partial charge in [0.25, 0.3) is 23.6 Å². The average molecular weight is 998 g/mol. The van der Waals surface area contributed by atoms with E-state index < -0.39 is 71.8 Å². The molecule has 0 bridgehead atoms. The lowest BCUT2D eigenvalue weighted by Crippen LogP contribution is -2.45. The van der Waals surface area contributed by atoms with E-state index in [0.29, 0.717) is 27.3 Å². The Kier molecular flexibility index (Phi) is 20.2. The third kappa shape index (κ3) is 17.3. The number of ketones is 2. The number of carboxylic acid groups (broad SMARTS) is 1. The molecule has 0 spiro atoms. The van der Waals surface area contributed by atoms with Crippen LogP contribution >= 0.6 is 0 Å². The van der Waals surface area contributed by atoms with Gasteiger partial charge >= 0.3 is 36.1 Å². The number of unbranched alkanes of at least 4 members (excludes halogenated alkanes) is 2. The molecular formula is C48H45F6N5O12. The van der Waals surface area contributed by atoms with Gasteiger partial charge in [0.1, 0.15) is 12.1 Å². The van der Waals surface area contributed by atoms with Crippen molar-refractivity contribution >= 4 is 58.9 Å². The zero-order chi connectivity index (χ0) is 52.3. The number of hydrogen-bond donors (Lipinski definition) is 5. The monoisotopic (exact) mass is 997 g/mol. The Morgan fingerprint density at radius 1 is 0.507 bits per heavy atom. The smallest absolute Gasteiger partial charge is 0.471 e. The van der Waals surface area contributed by atoms with Gasteiger partial charge in [-0.2, -0.15) is 26.3 Å². The zero-order valence-electron chi connectivity index (χ0n) is 37.3. The number of hydrogen-bond acceptors (Lipinski definition) is 11. The largest absolute Gasteiger partial charge is 0.480 e. The number of halogens is 6. The molecule has 71 heavy (non-hydrogen) atoms. The summed E-state index contributed by atoms with van der Waals surface area (Å²) in [4.78, 5) is 124. The van der Waals surface area contributed by atoms with E-state index in [9.17, 15) is 79.4 Å². The second-order valence-corrected chi connectivity index (χ2v) is 15.4. The fourth-order valence-corrected chi connectivity index (χ4v) is 6.41. The van der Waals surface area contributed by atoms with Gasteiger partial charge in [-0.05, 0) is 62.8 Å². The summed E-state index contributed by atoms with van der Waals surface area (Å²) in [5.41, 5.74) is 1.86. The number of benzene rings is 4. The molecule has 0 aromatic heterocycles. The molecule has 1 aliphatic rings. The Balaban J connectivity index is 0.000000315. The molecule has 1 aliphatic heterocycles. The molecule has 0 radical (unpaired) electrons. The first-order valence-electron chi connectivity index (χ1n) is 21.6. The van der Waals surface area contributed by atoms with Crippen LogP contribution in [0.2, 0.25) is 0 Å².